The van der Waals surface area contributed by atoms with Crippen molar-refractivity contribution in [2.45, 2.75) is 84.6 Å². The second-order valence-corrected chi connectivity index (χ2v) is 8.89. The number of ether oxygens (including phenoxy) is 5. The Bertz CT molecular complexity index is 1230. The van der Waals surface area contributed by atoms with Crippen LogP contribution in [-0.4, -0.2) is 81.0 Å². The Labute approximate surface area is 228 Å². The van der Waals surface area contributed by atoms with E-state index in [2.05, 4.69) is 20.8 Å². The summed E-state index contributed by atoms with van der Waals surface area (Å²) in [4.78, 5) is 59.8. The van der Waals surface area contributed by atoms with Crippen LogP contribution in [-0.2, 0) is 55.8 Å². The molecule has 3 rings (SSSR count). The van der Waals surface area contributed by atoms with E-state index in [4.69, 9.17) is 28.2 Å². The summed E-state index contributed by atoms with van der Waals surface area (Å²) >= 11 is 0. The third-order valence-corrected chi connectivity index (χ3v) is 5.50. The maximum atomic E-state index is 12.5. The van der Waals surface area contributed by atoms with E-state index in [1.807, 2.05) is 6.92 Å². The molecule has 16 heteroatoms. The molecule has 0 aliphatic carbocycles. The van der Waals surface area contributed by atoms with E-state index < -0.39 is 60.4 Å². The molecule has 1 amide bonds. The lowest BCUT2D eigenvalue weighted by Gasteiger charge is -2.44. The fourth-order valence-corrected chi connectivity index (χ4v) is 3.98. The first kappa shape index (κ1) is 30.2. The number of carbonyl (C=O) groups is 5. The van der Waals surface area contributed by atoms with E-state index in [1.165, 1.54) is 17.8 Å². The van der Waals surface area contributed by atoms with Crippen LogP contribution in [0.1, 0.15) is 69.2 Å². The minimum absolute atomic E-state index is 0.0555. The van der Waals surface area contributed by atoms with Gasteiger partial charge in [0, 0.05) is 40.2 Å². The average molecular weight is 566 g/mol. The van der Waals surface area contributed by atoms with Crippen LogP contribution in [0.15, 0.2) is 16.8 Å². The van der Waals surface area contributed by atoms with E-state index >= 15 is 0 Å². The van der Waals surface area contributed by atoms with E-state index in [1.54, 1.807) is 6.07 Å². The quantitative estimate of drug-likeness (QED) is 0.290. The Kier molecular flexibility index (Phi) is 10.3. The van der Waals surface area contributed by atoms with Gasteiger partial charge in [-0.2, -0.15) is 0 Å². The van der Waals surface area contributed by atoms with Gasteiger partial charge in [0.05, 0.1) is 12.7 Å². The Morgan fingerprint density at radius 2 is 1.60 bits per heavy atom. The largest absolute Gasteiger partial charge is 0.463 e. The molecule has 218 valence electrons. The summed E-state index contributed by atoms with van der Waals surface area (Å²) < 4.78 is 33.6. The Morgan fingerprint density at radius 1 is 0.950 bits per heavy atom. The van der Waals surface area contributed by atoms with Crippen LogP contribution >= 0.6 is 0 Å². The highest BCUT2D eigenvalue weighted by molar-refractivity contribution is 5.92. The third kappa shape index (κ3) is 8.08. The van der Waals surface area contributed by atoms with Gasteiger partial charge in [-0.1, -0.05) is 17.3 Å². The number of hydrogen-bond donors (Lipinski definition) is 1. The van der Waals surface area contributed by atoms with Crippen molar-refractivity contribution in [3.8, 4) is 0 Å². The lowest BCUT2D eigenvalue weighted by molar-refractivity contribution is -0.270. The number of nitrogens with zero attached hydrogens (tertiary/aromatic N) is 4. The van der Waals surface area contributed by atoms with Gasteiger partial charge in [0.2, 0.25) is 0 Å². The molecular weight excluding hydrogens is 534 g/mol. The minimum Gasteiger partial charge on any atom is -0.463 e. The normalized spacial score (nSPS) is 22.2. The van der Waals surface area contributed by atoms with Gasteiger partial charge in [-0.15, -0.1) is 5.10 Å². The molecule has 1 saturated heterocycles. The molecule has 0 bridgehead atoms. The van der Waals surface area contributed by atoms with Gasteiger partial charge in [-0.05, 0) is 6.42 Å². The predicted molar refractivity (Wildman–Crippen MR) is 129 cm³/mol. The zero-order valence-electron chi connectivity index (χ0n) is 22.6. The maximum absolute atomic E-state index is 12.5. The van der Waals surface area contributed by atoms with E-state index in [0.29, 0.717) is 17.9 Å². The second-order valence-electron chi connectivity index (χ2n) is 8.89. The summed E-state index contributed by atoms with van der Waals surface area (Å²) in [5.74, 6) is -2.80. The molecule has 0 spiro atoms. The molecule has 16 nitrogen and oxygen atoms in total. The fraction of sp³-hybridized carbons (Fsp3) is 0.583. The highest BCUT2D eigenvalue weighted by atomic mass is 16.7. The molecule has 1 fully saturated rings. The molecule has 5 atom stereocenters. The molecule has 0 radical (unpaired) electrons. The first-order valence-electron chi connectivity index (χ1n) is 12.4. The Balaban J connectivity index is 1.86. The van der Waals surface area contributed by atoms with E-state index in [0.717, 1.165) is 27.2 Å². The van der Waals surface area contributed by atoms with Crippen molar-refractivity contribution in [3.05, 3.63) is 29.4 Å². The van der Waals surface area contributed by atoms with Gasteiger partial charge in [-0.3, -0.25) is 24.0 Å². The van der Waals surface area contributed by atoms with Crippen molar-refractivity contribution >= 4 is 29.8 Å². The van der Waals surface area contributed by atoms with Crippen molar-refractivity contribution in [1.29, 1.82) is 0 Å². The zero-order chi connectivity index (χ0) is 29.4. The number of rotatable bonds is 11. The van der Waals surface area contributed by atoms with Crippen LogP contribution in [0.3, 0.4) is 0 Å². The topological polar surface area (TPSA) is 200 Å². The van der Waals surface area contributed by atoms with Crippen molar-refractivity contribution < 1.29 is 52.2 Å². The van der Waals surface area contributed by atoms with Crippen molar-refractivity contribution in [3.63, 3.8) is 0 Å². The van der Waals surface area contributed by atoms with Crippen LogP contribution in [0, 0.1) is 0 Å². The molecule has 0 saturated carbocycles. The molecule has 1 aliphatic heterocycles. The Morgan fingerprint density at radius 3 is 2.23 bits per heavy atom. The molecule has 2 aromatic rings. The molecule has 2 aromatic heterocycles. The minimum atomic E-state index is -1.36. The molecule has 1 N–H and O–H groups in total. The van der Waals surface area contributed by atoms with E-state index in [-0.39, 0.29) is 18.8 Å². The second kappa shape index (κ2) is 13.6. The summed E-state index contributed by atoms with van der Waals surface area (Å²) in [7, 11) is 0. The van der Waals surface area contributed by atoms with E-state index in [9.17, 15) is 24.0 Å². The SMILES string of the molecule is CCCc1cc(C(=O)NCc2cn([C@@H]3O[C@H](COC(C)=O)[C@@H](OC(C)=O)[C@H](OC(C)=O)[C@H]3OC(C)=O)nn2)no1. The summed E-state index contributed by atoms with van der Waals surface area (Å²) in [5, 5.41) is 14.4. The van der Waals surface area contributed by atoms with Crippen molar-refractivity contribution in [2.24, 2.45) is 0 Å². The lowest BCUT2D eigenvalue weighted by Crippen LogP contribution is -2.60. The summed E-state index contributed by atoms with van der Waals surface area (Å²) in [6.45, 7) is 6.08. The summed E-state index contributed by atoms with van der Waals surface area (Å²) in [6, 6.07) is 1.55. The fourth-order valence-electron chi connectivity index (χ4n) is 3.98. The number of aryl methyl sites for hydroxylation is 1. The van der Waals surface area contributed by atoms with Gasteiger partial charge in [0.1, 0.15) is 24.2 Å². The van der Waals surface area contributed by atoms with Crippen LogP contribution in [0.25, 0.3) is 0 Å². The molecular formula is C24H31N5O11. The highest BCUT2D eigenvalue weighted by Crippen LogP contribution is 2.34. The van der Waals surface area contributed by atoms with Gasteiger partial charge in [0.25, 0.3) is 5.91 Å². The van der Waals surface area contributed by atoms with Crippen LogP contribution in [0.2, 0.25) is 0 Å². The molecule has 40 heavy (non-hydrogen) atoms. The molecule has 0 unspecified atom stereocenters. The average Bonchev–Trinajstić information content (AvgIpc) is 3.53. The van der Waals surface area contributed by atoms with Crippen molar-refractivity contribution in [1.82, 2.24) is 25.5 Å². The number of carbonyl (C=O) groups excluding carboxylic acids is 5. The van der Waals surface area contributed by atoms with Gasteiger partial charge in [0.15, 0.2) is 30.2 Å². The molecule has 1 aliphatic rings. The van der Waals surface area contributed by atoms with Gasteiger partial charge >= 0.3 is 23.9 Å². The van der Waals surface area contributed by atoms with Gasteiger partial charge in [-0.25, -0.2) is 4.68 Å². The molecule has 3 heterocycles. The number of esters is 4. The lowest BCUT2D eigenvalue weighted by atomic mass is 9.97. The summed E-state index contributed by atoms with van der Waals surface area (Å²) in [5.41, 5.74) is 0.397. The van der Waals surface area contributed by atoms with Crippen LogP contribution < -0.4 is 5.32 Å². The number of nitrogens with one attached hydrogen (secondary N) is 1. The van der Waals surface area contributed by atoms with Gasteiger partial charge < -0.3 is 33.5 Å². The predicted octanol–water partition coefficient (Wildman–Crippen LogP) is 0.404. The number of aromatic nitrogens is 4. The zero-order valence-corrected chi connectivity index (χ0v) is 22.6. The standard InChI is InChI=1S/C24H31N5O11/c1-6-7-17-8-18(27-40-17)23(34)25-9-16-10-29(28-26-16)24-22(38-15(5)33)21(37-14(4)32)20(36-13(3)31)19(39-24)11-35-12(2)30/h8,10,19-22,24H,6-7,9,11H2,1-5H3,(H,25,34)/t19-,20-,21+,22-,24-/m1/s1. The number of amides is 1. The first-order chi connectivity index (χ1) is 19.0. The van der Waals surface area contributed by atoms with Crippen LogP contribution in [0.5, 0.6) is 0 Å². The highest BCUT2D eigenvalue weighted by Gasteiger charge is 2.53. The Hall–Kier alpha value is -4.34. The van der Waals surface area contributed by atoms with Crippen molar-refractivity contribution in [2.75, 3.05) is 6.61 Å². The third-order valence-electron chi connectivity index (χ3n) is 5.50. The first-order valence-corrected chi connectivity index (χ1v) is 12.4. The number of hydrogen-bond acceptors (Lipinski definition) is 14. The van der Waals surface area contributed by atoms with Crippen LogP contribution in [0.4, 0.5) is 0 Å². The monoisotopic (exact) mass is 565 g/mol. The maximum Gasteiger partial charge on any atom is 0.303 e. The summed E-state index contributed by atoms with van der Waals surface area (Å²) in [6.07, 6.45) is -3.54. The molecule has 0 aromatic carbocycles. The smallest absolute Gasteiger partial charge is 0.303 e.